The number of hydrogen-bond donors (Lipinski definition) is 0. The zero-order valence-corrected chi connectivity index (χ0v) is 10.4. The molecule has 3 rings (SSSR count). The Morgan fingerprint density at radius 3 is 3.11 bits per heavy atom. The normalized spacial score (nSPS) is 18.9. The average Bonchev–Trinajstić information content (AvgIpc) is 3.06. The third-order valence-corrected chi connectivity index (χ3v) is 3.33. The van der Waals surface area contributed by atoms with Crippen molar-refractivity contribution in [3.05, 3.63) is 34.1 Å². The minimum Gasteiger partial charge on any atom is -0.494 e. The summed E-state index contributed by atoms with van der Waals surface area (Å²) < 4.78 is 12.5. The van der Waals surface area contributed by atoms with Crippen LogP contribution >= 0.6 is 0 Å². The van der Waals surface area contributed by atoms with Crippen molar-refractivity contribution in [1.29, 1.82) is 0 Å². The van der Waals surface area contributed by atoms with Gasteiger partial charge in [-0.15, -0.1) is 0 Å². The lowest BCUT2D eigenvalue weighted by Gasteiger charge is -2.14. The van der Waals surface area contributed by atoms with Gasteiger partial charge in [0, 0.05) is 18.4 Å². The largest absolute Gasteiger partial charge is 0.494 e. The number of aromatic nitrogens is 2. The third kappa shape index (κ3) is 1.82. The molecule has 0 spiro atoms. The second-order valence-corrected chi connectivity index (χ2v) is 4.39. The Morgan fingerprint density at radius 1 is 1.63 bits per heavy atom. The van der Waals surface area contributed by atoms with E-state index >= 15 is 0 Å². The fourth-order valence-electron chi connectivity index (χ4n) is 2.47. The number of rotatable bonds is 3. The van der Waals surface area contributed by atoms with E-state index in [1.165, 1.54) is 17.8 Å². The highest BCUT2D eigenvalue weighted by atomic mass is 16.6. The number of ether oxygens (including phenoxy) is 2. The Bertz CT molecular complexity index is 631. The number of hydrogen-bond acceptors (Lipinski definition) is 5. The Hall–Kier alpha value is -2.15. The Balaban J connectivity index is 2.23. The summed E-state index contributed by atoms with van der Waals surface area (Å²) in [6.45, 7) is 0.709. The van der Waals surface area contributed by atoms with Gasteiger partial charge in [0.15, 0.2) is 11.3 Å². The first-order valence-electron chi connectivity index (χ1n) is 6.02. The first-order chi connectivity index (χ1) is 9.22. The molecule has 0 radical (unpaired) electrons. The molecule has 0 aliphatic carbocycles. The van der Waals surface area contributed by atoms with Crippen LogP contribution in [-0.2, 0) is 4.74 Å². The molecule has 100 valence electrons. The molecule has 1 saturated heterocycles. The predicted octanol–water partition coefficient (Wildman–Crippen LogP) is 2.10. The van der Waals surface area contributed by atoms with E-state index in [4.69, 9.17) is 9.47 Å². The molecule has 1 atom stereocenters. The van der Waals surface area contributed by atoms with Crippen LogP contribution in [0, 0.1) is 10.1 Å². The Kier molecular flexibility index (Phi) is 2.83. The minimum absolute atomic E-state index is 0.0586. The number of pyridine rings is 1. The topological polar surface area (TPSA) is 78.9 Å². The zero-order chi connectivity index (χ0) is 13.4. The van der Waals surface area contributed by atoms with Crippen LogP contribution in [0.2, 0.25) is 0 Å². The summed E-state index contributed by atoms with van der Waals surface area (Å²) >= 11 is 0. The van der Waals surface area contributed by atoms with Crippen molar-refractivity contribution in [2.24, 2.45) is 0 Å². The van der Waals surface area contributed by atoms with Gasteiger partial charge in [-0.1, -0.05) is 0 Å². The summed E-state index contributed by atoms with van der Waals surface area (Å²) in [5.41, 5.74) is 1.16. The number of fused-ring (bicyclic) bond motifs is 1. The van der Waals surface area contributed by atoms with Crippen LogP contribution in [0.15, 0.2) is 18.5 Å². The molecule has 7 nitrogen and oxygen atoms in total. The van der Waals surface area contributed by atoms with Gasteiger partial charge in [-0.3, -0.25) is 10.1 Å². The van der Waals surface area contributed by atoms with E-state index in [1.54, 1.807) is 6.20 Å². The molecule has 0 amide bonds. The van der Waals surface area contributed by atoms with E-state index in [1.807, 2.05) is 6.07 Å². The lowest BCUT2D eigenvalue weighted by Crippen LogP contribution is -2.03. The Labute approximate surface area is 108 Å². The molecule has 1 aliphatic heterocycles. The number of nitro groups is 1. The summed E-state index contributed by atoms with van der Waals surface area (Å²) in [6.07, 6.45) is 4.75. The minimum atomic E-state index is -0.454. The van der Waals surface area contributed by atoms with Crippen molar-refractivity contribution in [2.45, 2.75) is 18.9 Å². The molecule has 0 saturated carbocycles. The maximum Gasteiger partial charge on any atom is 0.318 e. The van der Waals surface area contributed by atoms with Crippen LogP contribution in [-0.4, -0.2) is 28.3 Å². The van der Waals surface area contributed by atoms with Crippen molar-refractivity contribution < 1.29 is 14.4 Å². The number of methoxy groups -OCH3 is 1. The Morgan fingerprint density at radius 2 is 2.47 bits per heavy atom. The molecule has 1 fully saturated rings. The maximum atomic E-state index is 11.0. The second-order valence-electron chi connectivity index (χ2n) is 4.39. The van der Waals surface area contributed by atoms with Crippen LogP contribution in [0.1, 0.15) is 24.5 Å². The van der Waals surface area contributed by atoms with Gasteiger partial charge in [0.25, 0.3) is 0 Å². The van der Waals surface area contributed by atoms with Crippen LogP contribution in [0.25, 0.3) is 5.52 Å². The van der Waals surface area contributed by atoms with Gasteiger partial charge in [-0.2, -0.15) is 5.10 Å². The van der Waals surface area contributed by atoms with Gasteiger partial charge >= 0.3 is 5.69 Å². The quantitative estimate of drug-likeness (QED) is 0.626. The molecule has 0 aromatic carbocycles. The molecule has 3 heterocycles. The molecule has 1 aliphatic rings. The van der Waals surface area contributed by atoms with Crippen LogP contribution < -0.4 is 4.74 Å². The first kappa shape index (κ1) is 11.9. The van der Waals surface area contributed by atoms with Gasteiger partial charge in [-0.25, -0.2) is 4.52 Å². The van der Waals surface area contributed by atoms with Crippen LogP contribution in [0.4, 0.5) is 5.69 Å². The van der Waals surface area contributed by atoms with Gasteiger partial charge in [0.05, 0.1) is 18.1 Å². The summed E-state index contributed by atoms with van der Waals surface area (Å²) in [6, 6.07) is 1.85. The molecule has 2 aromatic rings. The fourth-order valence-corrected chi connectivity index (χ4v) is 2.47. The fraction of sp³-hybridized carbons (Fsp3) is 0.417. The zero-order valence-electron chi connectivity index (χ0n) is 10.4. The molecule has 0 bridgehead atoms. The van der Waals surface area contributed by atoms with E-state index in [9.17, 15) is 10.1 Å². The highest BCUT2D eigenvalue weighted by molar-refractivity contribution is 5.75. The molecular weight excluding hydrogens is 250 g/mol. The van der Waals surface area contributed by atoms with Crippen LogP contribution in [0.3, 0.4) is 0 Å². The van der Waals surface area contributed by atoms with Crippen molar-refractivity contribution in [1.82, 2.24) is 9.61 Å². The van der Waals surface area contributed by atoms with Crippen LogP contribution in [0.5, 0.6) is 5.75 Å². The lowest BCUT2D eigenvalue weighted by molar-refractivity contribution is -0.383. The van der Waals surface area contributed by atoms with Gasteiger partial charge in [0.1, 0.15) is 6.20 Å². The first-order valence-corrected chi connectivity index (χ1v) is 6.02. The van der Waals surface area contributed by atoms with Crippen molar-refractivity contribution in [3.63, 3.8) is 0 Å². The maximum absolute atomic E-state index is 11.0. The predicted molar refractivity (Wildman–Crippen MR) is 66.3 cm³/mol. The highest BCUT2D eigenvalue weighted by Crippen LogP contribution is 2.39. The van der Waals surface area contributed by atoms with E-state index < -0.39 is 4.92 Å². The average molecular weight is 263 g/mol. The van der Waals surface area contributed by atoms with E-state index in [0.717, 1.165) is 18.4 Å². The lowest BCUT2D eigenvalue weighted by atomic mass is 10.1. The summed E-state index contributed by atoms with van der Waals surface area (Å²) in [4.78, 5) is 10.6. The molecule has 19 heavy (non-hydrogen) atoms. The third-order valence-electron chi connectivity index (χ3n) is 3.33. The number of nitrogens with zero attached hydrogens (tertiary/aromatic N) is 3. The molecule has 1 unspecified atom stereocenters. The summed E-state index contributed by atoms with van der Waals surface area (Å²) in [5.74, 6) is 0.471. The van der Waals surface area contributed by atoms with Crippen molar-refractivity contribution in [3.8, 4) is 5.75 Å². The smallest absolute Gasteiger partial charge is 0.318 e. The summed E-state index contributed by atoms with van der Waals surface area (Å²) in [5, 5.41) is 15.0. The summed E-state index contributed by atoms with van der Waals surface area (Å²) in [7, 11) is 1.50. The standard InChI is InChI=1S/C12H13N3O4/c1-18-12-8(10-3-2-6-19-10)4-5-14-11(12)9(7-13-14)15(16)17/h4-5,7,10H,2-3,6H2,1H3. The van der Waals surface area contributed by atoms with E-state index in [0.29, 0.717) is 17.9 Å². The van der Waals surface area contributed by atoms with Crippen molar-refractivity contribution >= 4 is 11.2 Å². The van der Waals surface area contributed by atoms with E-state index in [2.05, 4.69) is 5.10 Å². The second kappa shape index (κ2) is 4.51. The van der Waals surface area contributed by atoms with Gasteiger partial charge in [0.2, 0.25) is 0 Å². The SMILES string of the molecule is COc1c(C2CCCO2)ccn2ncc([N+](=O)[O-])c12. The van der Waals surface area contributed by atoms with Gasteiger partial charge < -0.3 is 9.47 Å². The van der Waals surface area contributed by atoms with E-state index in [-0.39, 0.29) is 11.8 Å². The molecule has 7 heteroatoms. The highest BCUT2D eigenvalue weighted by Gasteiger charge is 2.27. The van der Waals surface area contributed by atoms with Gasteiger partial charge in [-0.05, 0) is 18.9 Å². The molecule has 2 aromatic heterocycles. The monoisotopic (exact) mass is 263 g/mol. The molecular formula is C12H13N3O4. The van der Waals surface area contributed by atoms with Crippen molar-refractivity contribution in [2.75, 3.05) is 13.7 Å². The molecule has 0 N–H and O–H groups in total.